The van der Waals surface area contributed by atoms with Crippen LogP contribution in [0.1, 0.15) is 5.56 Å². The largest absolute Gasteiger partial charge is 0.116 e. The van der Waals surface area contributed by atoms with Crippen molar-refractivity contribution in [3.8, 4) is 0 Å². The second-order valence-corrected chi connectivity index (χ2v) is 5.19. The Morgan fingerprint density at radius 1 is 1.06 bits per heavy atom. The van der Waals surface area contributed by atoms with Gasteiger partial charge in [0.05, 0.1) is 10.8 Å². The first kappa shape index (κ1) is 12.0. The molecule has 1 aromatic rings. The van der Waals surface area contributed by atoms with Gasteiger partial charge in [-0.25, -0.2) is 0 Å². The monoisotopic (exact) mass is 272 g/mol. The van der Waals surface area contributed by atoms with Gasteiger partial charge in [0.15, 0.2) is 0 Å². The molecule has 0 amide bonds. The zero-order valence-corrected chi connectivity index (χ0v) is 10.8. The molecule has 0 aliphatic heterocycles. The van der Waals surface area contributed by atoms with E-state index in [2.05, 4.69) is 0 Å². The Balaban J connectivity index is 2.13. The SMILES string of the molecule is Clc1ccc(CC2=CC=CC(Cl)C2Cl)cc1. The Labute approximate surface area is 111 Å². The molecular formula is C13H11Cl3. The van der Waals surface area contributed by atoms with E-state index in [0.29, 0.717) is 0 Å². The van der Waals surface area contributed by atoms with Gasteiger partial charge in [-0.05, 0) is 29.7 Å². The van der Waals surface area contributed by atoms with Crippen molar-refractivity contribution in [3.05, 3.63) is 58.7 Å². The normalized spacial score (nSPS) is 24.3. The molecule has 0 bridgehead atoms. The predicted octanol–water partition coefficient (Wildman–Crippen LogP) is 4.59. The maximum absolute atomic E-state index is 6.24. The van der Waals surface area contributed by atoms with E-state index in [4.69, 9.17) is 34.8 Å². The van der Waals surface area contributed by atoms with E-state index in [1.807, 2.05) is 42.5 Å². The lowest BCUT2D eigenvalue weighted by molar-refractivity contribution is 0.925. The summed E-state index contributed by atoms with van der Waals surface area (Å²) in [5, 5.41) is 0.509. The second kappa shape index (κ2) is 5.27. The molecule has 84 valence electrons. The summed E-state index contributed by atoms with van der Waals surface area (Å²) in [7, 11) is 0. The zero-order chi connectivity index (χ0) is 11.5. The van der Waals surface area contributed by atoms with Crippen molar-refractivity contribution in [2.45, 2.75) is 17.2 Å². The van der Waals surface area contributed by atoms with Crippen LogP contribution in [0, 0.1) is 0 Å². The summed E-state index contributed by atoms with van der Waals surface area (Å²) in [5.74, 6) is 0. The molecule has 1 aromatic carbocycles. The molecule has 2 rings (SSSR count). The van der Waals surface area contributed by atoms with E-state index in [0.717, 1.165) is 17.0 Å². The summed E-state index contributed by atoms with van der Waals surface area (Å²) >= 11 is 18.1. The fraction of sp³-hybridized carbons (Fsp3) is 0.231. The molecule has 1 aliphatic carbocycles. The van der Waals surface area contributed by atoms with Gasteiger partial charge in [-0.1, -0.05) is 42.0 Å². The molecule has 0 radical (unpaired) electrons. The van der Waals surface area contributed by atoms with Crippen LogP contribution in [0.3, 0.4) is 0 Å². The van der Waals surface area contributed by atoms with Gasteiger partial charge in [0.1, 0.15) is 0 Å². The number of halogens is 3. The minimum atomic E-state index is -0.123. The topological polar surface area (TPSA) is 0 Å². The average Bonchev–Trinajstić information content (AvgIpc) is 2.28. The maximum atomic E-state index is 6.24. The van der Waals surface area contributed by atoms with Crippen LogP contribution in [-0.2, 0) is 6.42 Å². The van der Waals surface area contributed by atoms with Crippen LogP contribution in [0.4, 0.5) is 0 Å². The van der Waals surface area contributed by atoms with Gasteiger partial charge < -0.3 is 0 Å². The third kappa shape index (κ3) is 2.82. The minimum Gasteiger partial charge on any atom is -0.116 e. The van der Waals surface area contributed by atoms with Crippen molar-refractivity contribution < 1.29 is 0 Å². The number of alkyl halides is 2. The summed E-state index contributed by atoms with van der Waals surface area (Å²) in [4.78, 5) is 0. The third-order valence-corrected chi connectivity index (χ3v) is 3.89. The zero-order valence-electron chi connectivity index (χ0n) is 8.54. The molecule has 0 heterocycles. The molecule has 0 spiro atoms. The first-order chi connectivity index (χ1) is 7.66. The number of benzene rings is 1. The lowest BCUT2D eigenvalue weighted by atomic mass is 9.97. The Morgan fingerprint density at radius 2 is 1.75 bits per heavy atom. The molecule has 0 aromatic heterocycles. The second-order valence-electron chi connectivity index (χ2n) is 3.78. The first-order valence-electron chi connectivity index (χ1n) is 5.06. The molecule has 0 saturated heterocycles. The van der Waals surface area contributed by atoms with Crippen LogP contribution in [0.25, 0.3) is 0 Å². The number of rotatable bonds is 2. The number of hydrogen-bond donors (Lipinski definition) is 0. The standard InChI is InChI=1S/C13H11Cl3/c14-11-6-4-9(5-7-11)8-10-2-1-3-12(15)13(10)16/h1-7,12-13H,8H2. The van der Waals surface area contributed by atoms with Gasteiger partial charge in [-0.3, -0.25) is 0 Å². The van der Waals surface area contributed by atoms with E-state index in [-0.39, 0.29) is 10.8 Å². The molecule has 1 aliphatic rings. The summed E-state index contributed by atoms with van der Waals surface area (Å²) in [6.45, 7) is 0. The first-order valence-corrected chi connectivity index (χ1v) is 6.32. The molecular weight excluding hydrogens is 263 g/mol. The van der Waals surface area contributed by atoms with E-state index >= 15 is 0 Å². The van der Waals surface area contributed by atoms with Crippen LogP contribution in [0.5, 0.6) is 0 Å². The van der Waals surface area contributed by atoms with Crippen LogP contribution in [0.2, 0.25) is 5.02 Å². The van der Waals surface area contributed by atoms with E-state index < -0.39 is 0 Å². The van der Waals surface area contributed by atoms with Crippen molar-refractivity contribution in [2.24, 2.45) is 0 Å². The summed E-state index contributed by atoms with van der Waals surface area (Å²) < 4.78 is 0. The van der Waals surface area contributed by atoms with Gasteiger partial charge in [0, 0.05) is 5.02 Å². The Hall–Kier alpha value is -0.430. The van der Waals surface area contributed by atoms with Gasteiger partial charge in [-0.2, -0.15) is 0 Å². The van der Waals surface area contributed by atoms with Gasteiger partial charge in [-0.15, -0.1) is 23.2 Å². The molecule has 2 atom stereocenters. The lowest BCUT2D eigenvalue weighted by Gasteiger charge is -2.19. The summed E-state index contributed by atoms with van der Waals surface area (Å²) in [5.41, 5.74) is 2.34. The van der Waals surface area contributed by atoms with E-state index in [9.17, 15) is 0 Å². The molecule has 0 saturated carbocycles. The van der Waals surface area contributed by atoms with E-state index in [1.165, 1.54) is 5.56 Å². The van der Waals surface area contributed by atoms with Crippen molar-refractivity contribution >= 4 is 34.8 Å². The Morgan fingerprint density at radius 3 is 2.44 bits per heavy atom. The van der Waals surface area contributed by atoms with Crippen molar-refractivity contribution in [1.82, 2.24) is 0 Å². The van der Waals surface area contributed by atoms with Crippen LogP contribution in [-0.4, -0.2) is 10.8 Å². The molecule has 2 unspecified atom stereocenters. The number of hydrogen-bond acceptors (Lipinski definition) is 0. The Kier molecular flexibility index (Phi) is 3.96. The quantitative estimate of drug-likeness (QED) is 0.691. The van der Waals surface area contributed by atoms with Gasteiger partial charge in [0.2, 0.25) is 0 Å². The van der Waals surface area contributed by atoms with Crippen molar-refractivity contribution in [1.29, 1.82) is 0 Å². The Bertz CT molecular complexity index is 417. The maximum Gasteiger partial charge on any atom is 0.0750 e. The van der Waals surface area contributed by atoms with Crippen molar-refractivity contribution in [3.63, 3.8) is 0 Å². The molecule has 0 N–H and O–H groups in total. The highest BCUT2D eigenvalue weighted by molar-refractivity contribution is 6.32. The van der Waals surface area contributed by atoms with Gasteiger partial charge >= 0.3 is 0 Å². The van der Waals surface area contributed by atoms with Crippen LogP contribution < -0.4 is 0 Å². The van der Waals surface area contributed by atoms with Crippen LogP contribution in [0.15, 0.2) is 48.1 Å². The molecule has 3 heteroatoms. The highest BCUT2D eigenvalue weighted by Gasteiger charge is 2.20. The van der Waals surface area contributed by atoms with Gasteiger partial charge in [0.25, 0.3) is 0 Å². The van der Waals surface area contributed by atoms with Crippen molar-refractivity contribution in [2.75, 3.05) is 0 Å². The fourth-order valence-electron chi connectivity index (χ4n) is 1.67. The smallest absolute Gasteiger partial charge is 0.0750 e. The third-order valence-electron chi connectivity index (χ3n) is 2.56. The number of allylic oxidation sites excluding steroid dienone is 4. The fourth-order valence-corrected chi connectivity index (χ4v) is 2.28. The summed E-state index contributed by atoms with van der Waals surface area (Å²) in [6.07, 6.45) is 6.72. The highest BCUT2D eigenvalue weighted by Crippen LogP contribution is 2.26. The minimum absolute atomic E-state index is 0.117. The average molecular weight is 274 g/mol. The van der Waals surface area contributed by atoms with E-state index in [1.54, 1.807) is 0 Å². The molecule has 16 heavy (non-hydrogen) atoms. The van der Waals surface area contributed by atoms with Crippen LogP contribution >= 0.6 is 34.8 Å². The molecule has 0 nitrogen and oxygen atoms in total. The highest BCUT2D eigenvalue weighted by atomic mass is 35.5. The predicted molar refractivity (Wildman–Crippen MR) is 71.7 cm³/mol. The summed E-state index contributed by atoms with van der Waals surface area (Å²) in [6, 6.07) is 7.79. The molecule has 0 fully saturated rings. The lowest BCUT2D eigenvalue weighted by Crippen LogP contribution is -2.19.